The summed E-state index contributed by atoms with van der Waals surface area (Å²) in [5.74, 6) is 0.514. The van der Waals surface area contributed by atoms with Gasteiger partial charge in [-0.25, -0.2) is 13.1 Å². The van der Waals surface area contributed by atoms with Gasteiger partial charge in [-0.2, -0.15) is 0 Å². The first-order valence-corrected chi connectivity index (χ1v) is 6.14. The lowest BCUT2D eigenvalue weighted by molar-refractivity contribution is 0.198. The van der Waals surface area contributed by atoms with Crippen LogP contribution in [0.5, 0.6) is 0 Å². The van der Waals surface area contributed by atoms with E-state index in [1.807, 2.05) is 13.8 Å². The zero-order valence-corrected chi connectivity index (χ0v) is 9.26. The highest BCUT2D eigenvalue weighted by Crippen LogP contribution is 2.01. The first-order valence-electron chi connectivity index (χ1n) is 4.49. The summed E-state index contributed by atoms with van der Waals surface area (Å²) in [4.78, 5) is 0. The second-order valence-corrected chi connectivity index (χ2v) is 5.63. The Kier molecular flexibility index (Phi) is 5.51. The van der Waals surface area contributed by atoms with Gasteiger partial charge in [0, 0.05) is 6.54 Å². The van der Waals surface area contributed by atoms with Crippen LogP contribution in [-0.4, -0.2) is 31.9 Å². The molecule has 0 amide bonds. The van der Waals surface area contributed by atoms with Crippen molar-refractivity contribution in [2.45, 2.75) is 33.3 Å². The number of aliphatic hydroxyl groups excluding tert-OH is 1. The van der Waals surface area contributed by atoms with E-state index in [1.54, 1.807) is 6.92 Å². The van der Waals surface area contributed by atoms with Gasteiger partial charge in [0.15, 0.2) is 0 Å². The summed E-state index contributed by atoms with van der Waals surface area (Å²) in [6.07, 6.45) is 0.0172. The fourth-order valence-corrected chi connectivity index (χ4v) is 2.13. The normalized spacial score (nSPS) is 14.8. The number of hydrogen-bond donors (Lipinski definition) is 2. The van der Waals surface area contributed by atoms with Gasteiger partial charge in [0.25, 0.3) is 0 Å². The van der Waals surface area contributed by atoms with Crippen molar-refractivity contribution in [1.29, 1.82) is 0 Å². The number of nitrogens with one attached hydrogen (secondary N) is 1. The summed E-state index contributed by atoms with van der Waals surface area (Å²) in [5, 5.41) is 8.87. The van der Waals surface area contributed by atoms with E-state index < -0.39 is 16.1 Å². The van der Waals surface area contributed by atoms with E-state index in [1.165, 1.54) is 0 Å². The predicted octanol–water partition coefficient (Wildman–Crippen LogP) is 0.333. The standard InChI is InChI=1S/C8H19NO3S/c1-7(2)4-5-13(11,12)9-6-8(3)10/h7-10H,4-6H2,1-3H3/t8-/m0/s1. The fraction of sp³-hybridized carbons (Fsp3) is 1.00. The summed E-state index contributed by atoms with van der Waals surface area (Å²) >= 11 is 0. The zero-order chi connectivity index (χ0) is 10.5. The van der Waals surface area contributed by atoms with Crippen LogP contribution in [0.3, 0.4) is 0 Å². The van der Waals surface area contributed by atoms with Crippen LogP contribution in [0.15, 0.2) is 0 Å². The van der Waals surface area contributed by atoms with Gasteiger partial charge in [-0.3, -0.25) is 0 Å². The second-order valence-electron chi connectivity index (χ2n) is 3.70. The van der Waals surface area contributed by atoms with E-state index in [2.05, 4.69) is 4.72 Å². The SMILES string of the molecule is CC(C)CCS(=O)(=O)NC[C@H](C)O. The number of rotatable bonds is 6. The van der Waals surface area contributed by atoms with Crippen LogP contribution in [0.1, 0.15) is 27.2 Å². The van der Waals surface area contributed by atoms with Gasteiger partial charge in [-0.1, -0.05) is 13.8 Å². The third kappa shape index (κ3) is 8.21. The molecular formula is C8H19NO3S. The smallest absolute Gasteiger partial charge is 0.211 e. The van der Waals surface area contributed by atoms with E-state index in [9.17, 15) is 8.42 Å². The van der Waals surface area contributed by atoms with Crippen LogP contribution in [0.2, 0.25) is 0 Å². The Morgan fingerprint density at radius 1 is 1.31 bits per heavy atom. The Morgan fingerprint density at radius 2 is 1.85 bits per heavy atom. The Balaban J connectivity index is 3.81. The first kappa shape index (κ1) is 12.9. The molecule has 1 atom stereocenters. The lowest BCUT2D eigenvalue weighted by Gasteiger charge is -2.09. The van der Waals surface area contributed by atoms with Crippen LogP contribution < -0.4 is 4.72 Å². The molecule has 0 unspecified atom stereocenters. The van der Waals surface area contributed by atoms with Crippen molar-refractivity contribution in [3.05, 3.63) is 0 Å². The molecule has 0 radical (unpaired) electrons. The molecule has 4 nitrogen and oxygen atoms in total. The van der Waals surface area contributed by atoms with Crippen molar-refractivity contribution >= 4 is 10.0 Å². The minimum Gasteiger partial charge on any atom is -0.392 e. The Labute approximate surface area is 80.4 Å². The van der Waals surface area contributed by atoms with Crippen LogP contribution in [0.25, 0.3) is 0 Å². The Morgan fingerprint density at radius 3 is 2.23 bits per heavy atom. The van der Waals surface area contributed by atoms with Gasteiger partial charge in [0.1, 0.15) is 0 Å². The topological polar surface area (TPSA) is 66.4 Å². The molecule has 0 aromatic carbocycles. The third-order valence-electron chi connectivity index (χ3n) is 1.56. The van der Waals surface area contributed by atoms with Gasteiger partial charge in [-0.15, -0.1) is 0 Å². The molecule has 2 N–H and O–H groups in total. The predicted molar refractivity (Wildman–Crippen MR) is 52.9 cm³/mol. The summed E-state index contributed by atoms with van der Waals surface area (Å²) in [5.41, 5.74) is 0. The Hall–Kier alpha value is -0.130. The summed E-state index contributed by atoms with van der Waals surface area (Å²) in [6.45, 7) is 5.60. The molecule has 0 heterocycles. The molecule has 0 aliphatic carbocycles. The van der Waals surface area contributed by atoms with Crippen molar-refractivity contribution in [3.63, 3.8) is 0 Å². The minimum atomic E-state index is -3.18. The summed E-state index contributed by atoms with van der Waals surface area (Å²) < 4.78 is 24.8. The molecule has 0 saturated heterocycles. The number of hydrogen-bond acceptors (Lipinski definition) is 3. The second kappa shape index (κ2) is 5.57. The largest absolute Gasteiger partial charge is 0.392 e. The van der Waals surface area contributed by atoms with E-state index in [-0.39, 0.29) is 12.3 Å². The number of aliphatic hydroxyl groups is 1. The maximum Gasteiger partial charge on any atom is 0.211 e. The highest BCUT2D eigenvalue weighted by Gasteiger charge is 2.11. The van der Waals surface area contributed by atoms with Crippen LogP contribution in [0.4, 0.5) is 0 Å². The van der Waals surface area contributed by atoms with Gasteiger partial charge in [0.2, 0.25) is 10.0 Å². The molecule has 0 aromatic rings. The van der Waals surface area contributed by atoms with Gasteiger partial charge in [0.05, 0.1) is 11.9 Å². The fourth-order valence-electron chi connectivity index (χ4n) is 0.711. The monoisotopic (exact) mass is 209 g/mol. The Bertz CT molecular complexity index is 204. The van der Waals surface area contributed by atoms with E-state index in [4.69, 9.17) is 5.11 Å². The van der Waals surface area contributed by atoms with Crippen LogP contribution in [0, 0.1) is 5.92 Å². The number of sulfonamides is 1. The van der Waals surface area contributed by atoms with Crippen molar-refractivity contribution in [1.82, 2.24) is 4.72 Å². The maximum atomic E-state index is 11.2. The molecule has 0 saturated carbocycles. The highest BCUT2D eigenvalue weighted by molar-refractivity contribution is 7.89. The first-order chi connectivity index (χ1) is 5.83. The molecule has 0 aliphatic heterocycles. The lowest BCUT2D eigenvalue weighted by atomic mass is 10.2. The van der Waals surface area contributed by atoms with Crippen LogP contribution in [-0.2, 0) is 10.0 Å². The zero-order valence-electron chi connectivity index (χ0n) is 8.45. The molecule has 13 heavy (non-hydrogen) atoms. The van der Waals surface area contributed by atoms with Gasteiger partial charge in [-0.05, 0) is 19.3 Å². The van der Waals surface area contributed by atoms with Crippen molar-refractivity contribution in [2.75, 3.05) is 12.3 Å². The molecule has 0 rings (SSSR count). The molecule has 0 aliphatic rings. The van der Waals surface area contributed by atoms with Crippen molar-refractivity contribution < 1.29 is 13.5 Å². The van der Waals surface area contributed by atoms with Crippen molar-refractivity contribution in [3.8, 4) is 0 Å². The molecule has 80 valence electrons. The molecule has 0 bridgehead atoms. The quantitative estimate of drug-likeness (QED) is 0.662. The highest BCUT2D eigenvalue weighted by atomic mass is 32.2. The molecular weight excluding hydrogens is 190 g/mol. The summed E-state index contributed by atoms with van der Waals surface area (Å²) in [6, 6.07) is 0. The van der Waals surface area contributed by atoms with Gasteiger partial charge >= 0.3 is 0 Å². The van der Waals surface area contributed by atoms with E-state index in [0.717, 1.165) is 0 Å². The maximum absolute atomic E-state index is 11.2. The molecule has 5 heteroatoms. The molecule has 0 aromatic heterocycles. The molecule has 0 spiro atoms. The average molecular weight is 209 g/mol. The average Bonchev–Trinajstić information content (AvgIpc) is 1.98. The lowest BCUT2D eigenvalue weighted by Crippen LogP contribution is -2.32. The minimum absolute atomic E-state index is 0.0976. The van der Waals surface area contributed by atoms with E-state index in [0.29, 0.717) is 12.3 Å². The van der Waals surface area contributed by atoms with Gasteiger partial charge < -0.3 is 5.11 Å². The van der Waals surface area contributed by atoms with Crippen molar-refractivity contribution in [2.24, 2.45) is 5.92 Å². The molecule has 0 fully saturated rings. The van der Waals surface area contributed by atoms with Crippen LogP contribution >= 0.6 is 0 Å². The summed E-state index contributed by atoms with van der Waals surface area (Å²) in [7, 11) is -3.18. The van der Waals surface area contributed by atoms with E-state index >= 15 is 0 Å². The third-order valence-corrected chi connectivity index (χ3v) is 2.94.